The SMILES string of the molecule is O=C(Nc1cccc2ccccc12)C1[C@@H]2[C@@H]3CC[C@@H](C3)[C@H]12. The van der Waals surface area contributed by atoms with Crippen molar-refractivity contribution in [2.45, 2.75) is 19.3 Å². The van der Waals surface area contributed by atoms with E-state index >= 15 is 0 Å². The highest BCUT2D eigenvalue weighted by atomic mass is 16.2. The minimum atomic E-state index is 0.262. The van der Waals surface area contributed by atoms with Crippen LogP contribution in [0, 0.1) is 29.6 Å². The van der Waals surface area contributed by atoms with E-state index in [4.69, 9.17) is 0 Å². The maximum atomic E-state index is 12.6. The van der Waals surface area contributed by atoms with Gasteiger partial charge in [-0.25, -0.2) is 0 Å². The van der Waals surface area contributed by atoms with Crippen molar-refractivity contribution in [3.05, 3.63) is 42.5 Å². The first-order chi connectivity index (χ1) is 10.3. The molecule has 0 aromatic heterocycles. The zero-order chi connectivity index (χ0) is 14.0. The normalized spacial score (nSPS) is 35.7. The number of hydrogen-bond donors (Lipinski definition) is 1. The fourth-order valence-electron chi connectivity index (χ4n) is 5.23. The Kier molecular flexibility index (Phi) is 2.30. The zero-order valence-electron chi connectivity index (χ0n) is 12.0. The molecule has 106 valence electrons. The number of anilines is 1. The van der Waals surface area contributed by atoms with E-state index in [1.807, 2.05) is 24.3 Å². The molecule has 2 aromatic carbocycles. The van der Waals surface area contributed by atoms with Crippen LogP contribution in [-0.4, -0.2) is 5.91 Å². The van der Waals surface area contributed by atoms with Crippen molar-refractivity contribution >= 4 is 22.4 Å². The van der Waals surface area contributed by atoms with E-state index in [0.29, 0.717) is 17.8 Å². The van der Waals surface area contributed by atoms with Crippen molar-refractivity contribution in [2.24, 2.45) is 29.6 Å². The second kappa shape index (κ2) is 4.09. The number of carbonyl (C=O) groups excluding carboxylic acids is 1. The molecular formula is C19H19NO. The van der Waals surface area contributed by atoms with Gasteiger partial charge in [0.25, 0.3) is 0 Å². The van der Waals surface area contributed by atoms with Gasteiger partial charge in [0.1, 0.15) is 0 Å². The van der Waals surface area contributed by atoms with Crippen LogP contribution in [0.15, 0.2) is 42.5 Å². The first kappa shape index (κ1) is 11.8. The number of hydrogen-bond acceptors (Lipinski definition) is 1. The van der Waals surface area contributed by atoms with Gasteiger partial charge < -0.3 is 5.32 Å². The lowest BCUT2D eigenvalue weighted by atomic mass is 10.0. The molecule has 3 aliphatic carbocycles. The maximum absolute atomic E-state index is 12.6. The highest BCUT2D eigenvalue weighted by Crippen LogP contribution is 2.69. The van der Waals surface area contributed by atoms with Crippen LogP contribution < -0.4 is 5.32 Å². The van der Waals surface area contributed by atoms with Gasteiger partial charge in [0.2, 0.25) is 5.91 Å². The first-order valence-corrected chi connectivity index (χ1v) is 8.11. The van der Waals surface area contributed by atoms with Gasteiger partial charge in [-0.05, 0) is 54.4 Å². The van der Waals surface area contributed by atoms with Gasteiger partial charge in [0.05, 0.1) is 0 Å². The second-order valence-corrected chi connectivity index (χ2v) is 7.03. The number of rotatable bonds is 2. The van der Waals surface area contributed by atoms with Crippen LogP contribution in [0.5, 0.6) is 0 Å². The second-order valence-electron chi connectivity index (χ2n) is 7.03. The summed E-state index contributed by atoms with van der Waals surface area (Å²) in [4.78, 5) is 12.6. The summed E-state index contributed by atoms with van der Waals surface area (Å²) in [5, 5.41) is 5.53. The molecule has 1 amide bonds. The highest BCUT2D eigenvalue weighted by molar-refractivity contribution is 6.03. The molecule has 5 rings (SSSR count). The molecule has 2 heteroatoms. The van der Waals surface area contributed by atoms with Crippen LogP contribution in [0.25, 0.3) is 10.8 Å². The predicted molar refractivity (Wildman–Crippen MR) is 83.9 cm³/mol. The van der Waals surface area contributed by atoms with E-state index in [-0.39, 0.29) is 5.91 Å². The number of nitrogens with one attached hydrogen (secondary N) is 1. The van der Waals surface area contributed by atoms with E-state index in [1.54, 1.807) is 0 Å². The number of fused-ring (bicyclic) bond motifs is 6. The summed E-state index contributed by atoms with van der Waals surface area (Å²) in [5.41, 5.74) is 0.968. The molecule has 0 aliphatic heterocycles. The molecule has 3 fully saturated rings. The number of benzene rings is 2. The number of carbonyl (C=O) groups is 1. The average Bonchev–Trinajstić information content (AvgIpc) is 2.96. The Morgan fingerprint density at radius 3 is 2.48 bits per heavy atom. The Bertz CT molecular complexity index is 716. The molecule has 2 aromatic rings. The van der Waals surface area contributed by atoms with E-state index in [2.05, 4.69) is 23.5 Å². The quantitative estimate of drug-likeness (QED) is 0.880. The predicted octanol–water partition coefficient (Wildman–Crippen LogP) is 4.07. The van der Waals surface area contributed by atoms with Gasteiger partial charge in [-0.15, -0.1) is 0 Å². The maximum Gasteiger partial charge on any atom is 0.228 e. The Balaban J connectivity index is 1.41. The highest BCUT2D eigenvalue weighted by Gasteiger charge is 2.67. The van der Waals surface area contributed by atoms with Crippen LogP contribution in [0.1, 0.15) is 19.3 Å². The van der Waals surface area contributed by atoms with Gasteiger partial charge in [-0.3, -0.25) is 4.79 Å². The zero-order valence-corrected chi connectivity index (χ0v) is 12.0. The monoisotopic (exact) mass is 277 g/mol. The standard InChI is InChI=1S/C19H19NO/c21-19(18-16-12-8-9-13(10-12)17(16)18)20-15-7-3-5-11-4-1-2-6-14(11)15/h1-7,12-13,16-18H,8-10H2,(H,20,21)/t12-,13+,16-,17+,18?. The summed E-state index contributed by atoms with van der Waals surface area (Å²) in [7, 11) is 0. The molecule has 1 unspecified atom stereocenters. The van der Waals surface area contributed by atoms with Crippen LogP contribution in [0.3, 0.4) is 0 Å². The van der Waals surface area contributed by atoms with Crippen LogP contribution in [0.4, 0.5) is 5.69 Å². The first-order valence-electron chi connectivity index (χ1n) is 8.11. The van der Waals surface area contributed by atoms with Crippen molar-refractivity contribution in [1.29, 1.82) is 0 Å². The summed E-state index contributed by atoms with van der Waals surface area (Å²) in [6, 6.07) is 14.4. The molecule has 2 nitrogen and oxygen atoms in total. The molecule has 3 saturated carbocycles. The number of amides is 1. The molecule has 0 radical (unpaired) electrons. The molecule has 0 heterocycles. The lowest BCUT2D eigenvalue weighted by Crippen LogP contribution is -2.18. The molecule has 0 saturated heterocycles. The Morgan fingerprint density at radius 1 is 0.952 bits per heavy atom. The third kappa shape index (κ3) is 1.62. The average molecular weight is 277 g/mol. The third-order valence-electron chi connectivity index (χ3n) is 6.09. The molecule has 1 N–H and O–H groups in total. The molecule has 21 heavy (non-hydrogen) atoms. The van der Waals surface area contributed by atoms with Crippen LogP contribution >= 0.6 is 0 Å². The van der Waals surface area contributed by atoms with E-state index in [0.717, 1.165) is 22.9 Å². The van der Waals surface area contributed by atoms with Crippen molar-refractivity contribution in [1.82, 2.24) is 0 Å². The molecule has 3 aliphatic rings. The summed E-state index contributed by atoms with van der Waals surface area (Å²) in [6.45, 7) is 0. The molecule has 5 atom stereocenters. The fraction of sp³-hybridized carbons (Fsp3) is 0.421. The van der Waals surface area contributed by atoms with E-state index < -0.39 is 0 Å². The van der Waals surface area contributed by atoms with Crippen molar-refractivity contribution in [3.8, 4) is 0 Å². The third-order valence-corrected chi connectivity index (χ3v) is 6.09. The Labute approximate surface area is 124 Å². The van der Waals surface area contributed by atoms with Gasteiger partial charge >= 0.3 is 0 Å². The van der Waals surface area contributed by atoms with Crippen molar-refractivity contribution < 1.29 is 4.79 Å². The Hall–Kier alpha value is -1.83. The van der Waals surface area contributed by atoms with Crippen molar-refractivity contribution in [3.63, 3.8) is 0 Å². The van der Waals surface area contributed by atoms with E-state index in [9.17, 15) is 4.79 Å². The summed E-state index contributed by atoms with van der Waals surface area (Å²) in [5.74, 6) is 3.68. The van der Waals surface area contributed by atoms with Crippen molar-refractivity contribution in [2.75, 3.05) is 5.32 Å². The summed E-state index contributed by atoms with van der Waals surface area (Å²) in [6.07, 6.45) is 4.13. The van der Waals surface area contributed by atoms with Gasteiger partial charge in [-0.1, -0.05) is 36.4 Å². The topological polar surface area (TPSA) is 29.1 Å². The molecule has 0 spiro atoms. The summed E-state index contributed by atoms with van der Waals surface area (Å²) >= 11 is 0. The van der Waals surface area contributed by atoms with Crippen LogP contribution in [-0.2, 0) is 4.79 Å². The summed E-state index contributed by atoms with van der Waals surface area (Å²) < 4.78 is 0. The van der Waals surface area contributed by atoms with Crippen LogP contribution in [0.2, 0.25) is 0 Å². The minimum Gasteiger partial charge on any atom is -0.325 e. The molecular weight excluding hydrogens is 258 g/mol. The van der Waals surface area contributed by atoms with Gasteiger partial charge in [-0.2, -0.15) is 0 Å². The lowest BCUT2D eigenvalue weighted by Gasteiger charge is -2.11. The minimum absolute atomic E-state index is 0.262. The smallest absolute Gasteiger partial charge is 0.228 e. The largest absolute Gasteiger partial charge is 0.325 e. The Morgan fingerprint density at radius 2 is 1.67 bits per heavy atom. The van der Waals surface area contributed by atoms with E-state index in [1.165, 1.54) is 24.6 Å². The van der Waals surface area contributed by atoms with Gasteiger partial charge in [0.15, 0.2) is 0 Å². The molecule has 2 bridgehead atoms. The lowest BCUT2D eigenvalue weighted by molar-refractivity contribution is -0.118. The fourth-order valence-corrected chi connectivity index (χ4v) is 5.23. The van der Waals surface area contributed by atoms with Gasteiger partial charge in [0, 0.05) is 17.0 Å².